The second-order valence-electron chi connectivity index (χ2n) is 3.76. The molecule has 0 spiro atoms. The predicted molar refractivity (Wildman–Crippen MR) is 66.2 cm³/mol. The van der Waals surface area contributed by atoms with Crippen LogP contribution in [0.25, 0.3) is 0 Å². The van der Waals surface area contributed by atoms with Gasteiger partial charge in [0.2, 0.25) is 0 Å². The van der Waals surface area contributed by atoms with E-state index < -0.39 is 0 Å². The van der Waals surface area contributed by atoms with Crippen molar-refractivity contribution in [2.45, 2.75) is 30.9 Å². The number of nitrogens with two attached hydrogens (primary N) is 1. The second-order valence-corrected chi connectivity index (χ2v) is 4.64. The Balaban J connectivity index is 2.54. The number of rotatable bonds is 5. The molecule has 1 aromatic rings. The lowest BCUT2D eigenvalue weighted by molar-refractivity contribution is 0.0683. The Labute approximate surface area is 96.2 Å². The average Bonchev–Trinajstić information content (AvgIpc) is 2.26. The lowest BCUT2D eigenvalue weighted by atomic mass is 10.1. The van der Waals surface area contributed by atoms with Gasteiger partial charge in [-0.1, -0.05) is 12.1 Å². The minimum absolute atomic E-state index is 0.0247. The van der Waals surface area contributed by atoms with E-state index in [1.165, 1.54) is 4.90 Å². The van der Waals surface area contributed by atoms with Crippen molar-refractivity contribution in [1.82, 2.24) is 0 Å². The number of ether oxygens (including phenoxy) is 1. The third kappa shape index (κ3) is 4.24. The third-order valence-electron chi connectivity index (χ3n) is 2.15. The Morgan fingerprint density at radius 3 is 2.33 bits per heavy atom. The molecule has 0 heterocycles. The number of hydrogen-bond donors (Lipinski definition) is 1. The Morgan fingerprint density at radius 1 is 1.27 bits per heavy atom. The maximum absolute atomic E-state index is 6.00. The Kier molecular flexibility index (Phi) is 5.15. The summed E-state index contributed by atoms with van der Waals surface area (Å²) in [5.41, 5.74) is 7.14. The Morgan fingerprint density at radius 2 is 1.87 bits per heavy atom. The molecule has 0 aliphatic heterocycles. The maximum Gasteiger partial charge on any atom is 0.0662 e. The first-order valence-corrected chi connectivity index (χ1v) is 6.37. The van der Waals surface area contributed by atoms with Gasteiger partial charge < -0.3 is 10.5 Å². The minimum atomic E-state index is -0.0247. The van der Waals surface area contributed by atoms with Crippen LogP contribution >= 0.6 is 11.8 Å². The van der Waals surface area contributed by atoms with Crippen molar-refractivity contribution in [3.05, 3.63) is 29.8 Å². The van der Waals surface area contributed by atoms with E-state index in [4.69, 9.17) is 10.5 Å². The molecule has 0 bridgehead atoms. The van der Waals surface area contributed by atoms with E-state index in [1.54, 1.807) is 11.8 Å². The van der Waals surface area contributed by atoms with Crippen molar-refractivity contribution in [3.8, 4) is 0 Å². The molecule has 0 saturated carbocycles. The molecule has 2 N–H and O–H groups in total. The van der Waals surface area contributed by atoms with Crippen LogP contribution in [0.4, 0.5) is 0 Å². The minimum Gasteiger partial charge on any atom is -0.377 e. The summed E-state index contributed by atoms with van der Waals surface area (Å²) >= 11 is 1.74. The molecular weight excluding hydrogens is 206 g/mol. The first-order valence-electron chi connectivity index (χ1n) is 5.14. The van der Waals surface area contributed by atoms with Gasteiger partial charge in [-0.3, -0.25) is 0 Å². The zero-order valence-corrected chi connectivity index (χ0v) is 10.4. The lowest BCUT2D eigenvalue weighted by Crippen LogP contribution is -2.19. The van der Waals surface area contributed by atoms with Gasteiger partial charge in [0, 0.05) is 4.90 Å². The molecule has 0 fully saturated rings. The Bertz CT molecular complexity index is 284. The summed E-state index contributed by atoms with van der Waals surface area (Å²) in [6.45, 7) is 4.61. The molecule has 15 heavy (non-hydrogen) atoms. The average molecular weight is 225 g/mol. The highest BCUT2D eigenvalue weighted by molar-refractivity contribution is 7.98. The van der Waals surface area contributed by atoms with Crippen molar-refractivity contribution in [2.24, 2.45) is 5.73 Å². The van der Waals surface area contributed by atoms with Gasteiger partial charge in [-0.15, -0.1) is 11.8 Å². The van der Waals surface area contributed by atoms with Crippen LogP contribution in [0.5, 0.6) is 0 Å². The molecule has 1 aromatic carbocycles. The van der Waals surface area contributed by atoms with Crippen molar-refractivity contribution in [3.63, 3.8) is 0 Å². The molecule has 1 unspecified atom stereocenters. The van der Waals surface area contributed by atoms with Crippen molar-refractivity contribution >= 4 is 11.8 Å². The van der Waals surface area contributed by atoms with E-state index in [0.29, 0.717) is 6.61 Å². The van der Waals surface area contributed by atoms with Gasteiger partial charge in [0.25, 0.3) is 0 Å². The topological polar surface area (TPSA) is 35.2 Å². The van der Waals surface area contributed by atoms with Crippen LogP contribution in [0.2, 0.25) is 0 Å². The standard InChI is InChI=1S/C12H19NOS/c1-9(2)14-8-12(13)10-4-6-11(15-3)7-5-10/h4-7,9,12H,8,13H2,1-3H3. The summed E-state index contributed by atoms with van der Waals surface area (Å²) in [6, 6.07) is 8.30. The van der Waals surface area contributed by atoms with Gasteiger partial charge in [-0.05, 0) is 37.8 Å². The molecule has 0 aromatic heterocycles. The van der Waals surface area contributed by atoms with Gasteiger partial charge in [0.05, 0.1) is 18.8 Å². The van der Waals surface area contributed by atoms with Gasteiger partial charge in [-0.25, -0.2) is 0 Å². The highest BCUT2D eigenvalue weighted by atomic mass is 32.2. The fourth-order valence-electron chi connectivity index (χ4n) is 1.24. The van der Waals surface area contributed by atoms with Crippen molar-refractivity contribution in [1.29, 1.82) is 0 Å². The van der Waals surface area contributed by atoms with Crippen LogP contribution < -0.4 is 5.73 Å². The summed E-state index contributed by atoms with van der Waals surface area (Å²) < 4.78 is 5.48. The van der Waals surface area contributed by atoms with E-state index in [2.05, 4.69) is 30.5 Å². The van der Waals surface area contributed by atoms with Crippen LogP contribution in [-0.2, 0) is 4.74 Å². The van der Waals surface area contributed by atoms with Crippen LogP contribution in [0.1, 0.15) is 25.5 Å². The summed E-state index contributed by atoms with van der Waals surface area (Å²) in [6.07, 6.45) is 2.30. The van der Waals surface area contributed by atoms with Crippen LogP contribution in [-0.4, -0.2) is 19.0 Å². The molecule has 0 aliphatic carbocycles. The molecular formula is C12H19NOS. The fraction of sp³-hybridized carbons (Fsp3) is 0.500. The van der Waals surface area contributed by atoms with E-state index in [9.17, 15) is 0 Å². The highest BCUT2D eigenvalue weighted by Crippen LogP contribution is 2.18. The first-order chi connectivity index (χ1) is 7.13. The Hall–Kier alpha value is -0.510. The van der Waals surface area contributed by atoms with E-state index in [0.717, 1.165) is 5.56 Å². The lowest BCUT2D eigenvalue weighted by Gasteiger charge is -2.14. The summed E-state index contributed by atoms with van der Waals surface area (Å²) in [4.78, 5) is 1.26. The molecule has 0 aliphatic rings. The van der Waals surface area contributed by atoms with Gasteiger partial charge >= 0.3 is 0 Å². The monoisotopic (exact) mass is 225 g/mol. The zero-order valence-electron chi connectivity index (χ0n) is 9.57. The molecule has 84 valence electrons. The van der Waals surface area contributed by atoms with Crippen molar-refractivity contribution < 1.29 is 4.74 Å². The van der Waals surface area contributed by atoms with Gasteiger partial charge in [0.15, 0.2) is 0 Å². The maximum atomic E-state index is 6.00. The second kappa shape index (κ2) is 6.16. The SMILES string of the molecule is CSc1ccc(C(N)COC(C)C)cc1. The number of hydrogen-bond acceptors (Lipinski definition) is 3. The molecule has 0 saturated heterocycles. The van der Waals surface area contributed by atoms with Crippen LogP contribution in [0.3, 0.4) is 0 Å². The molecule has 3 heteroatoms. The quantitative estimate of drug-likeness (QED) is 0.783. The molecule has 2 nitrogen and oxygen atoms in total. The van der Waals surface area contributed by atoms with E-state index >= 15 is 0 Å². The van der Waals surface area contributed by atoms with E-state index in [-0.39, 0.29) is 12.1 Å². The molecule has 0 amide bonds. The zero-order chi connectivity index (χ0) is 11.3. The summed E-state index contributed by atoms with van der Waals surface area (Å²) in [7, 11) is 0. The smallest absolute Gasteiger partial charge is 0.0662 e. The van der Waals surface area contributed by atoms with Gasteiger partial charge in [-0.2, -0.15) is 0 Å². The van der Waals surface area contributed by atoms with E-state index in [1.807, 2.05) is 13.8 Å². The third-order valence-corrected chi connectivity index (χ3v) is 2.90. The normalized spacial score (nSPS) is 13.1. The van der Waals surface area contributed by atoms with Crippen LogP contribution in [0, 0.1) is 0 Å². The fourth-order valence-corrected chi connectivity index (χ4v) is 1.65. The van der Waals surface area contributed by atoms with Crippen LogP contribution in [0.15, 0.2) is 29.2 Å². The molecule has 1 rings (SSSR count). The molecule has 0 radical (unpaired) electrons. The predicted octanol–water partition coefficient (Wildman–Crippen LogP) is 2.83. The largest absolute Gasteiger partial charge is 0.377 e. The van der Waals surface area contributed by atoms with Crippen molar-refractivity contribution in [2.75, 3.05) is 12.9 Å². The first kappa shape index (κ1) is 12.6. The number of thioether (sulfide) groups is 1. The highest BCUT2D eigenvalue weighted by Gasteiger charge is 2.06. The summed E-state index contributed by atoms with van der Waals surface area (Å²) in [5, 5.41) is 0. The summed E-state index contributed by atoms with van der Waals surface area (Å²) in [5.74, 6) is 0. The van der Waals surface area contributed by atoms with Gasteiger partial charge in [0.1, 0.15) is 0 Å². The number of benzene rings is 1. The molecule has 1 atom stereocenters.